The zero-order chi connectivity index (χ0) is 16.7. The number of amides is 1. The Bertz CT molecular complexity index is 479. The molecule has 0 aromatic heterocycles. The maximum Gasteiger partial charge on any atom is 0.224 e. The van der Waals surface area contributed by atoms with Crippen molar-refractivity contribution < 1.29 is 14.6 Å². The highest BCUT2D eigenvalue weighted by atomic mass is 16.5. The van der Waals surface area contributed by atoms with Gasteiger partial charge in [-0.2, -0.15) is 0 Å². The van der Waals surface area contributed by atoms with Gasteiger partial charge >= 0.3 is 0 Å². The third-order valence-corrected chi connectivity index (χ3v) is 3.87. The predicted molar refractivity (Wildman–Crippen MR) is 90.0 cm³/mol. The van der Waals surface area contributed by atoms with E-state index in [1.165, 1.54) is 5.56 Å². The van der Waals surface area contributed by atoms with Crippen LogP contribution >= 0.6 is 0 Å². The molecule has 5 heteroatoms. The normalized spacial score (nSPS) is 15.9. The van der Waals surface area contributed by atoms with Crippen LogP contribution in [0.4, 0.5) is 0 Å². The molecular weight excluding hydrogens is 292 g/mol. The number of hydrogen-bond donors (Lipinski definition) is 1. The fraction of sp³-hybridized carbons (Fsp3) is 0.611. The molecule has 1 saturated heterocycles. The quantitative estimate of drug-likeness (QED) is 0.827. The molecule has 128 valence electrons. The van der Waals surface area contributed by atoms with Crippen molar-refractivity contribution in [2.24, 2.45) is 0 Å². The van der Waals surface area contributed by atoms with Crippen LogP contribution in [0.25, 0.3) is 0 Å². The van der Waals surface area contributed by atoms with Crippen molar-refractivity contribution in [1.82, 2.24) is 9.80 Å². The Morgan fingerprint density at radius 2 is 1.91 bits per heavy atom. The molecule has 2 rings (SSSR count). The third-order valence-electron chi connectivity index (χ3n) is 3.87. The van der Waals surface area contributed by atoms with Gasteiger partial charge in [0.25, 0.3) is 0 Å². The molecule has 1 amide bonds. The fourth-order valence-corrected chi connectivity index (χ4v) is 2.83. The van der Waals surface area contributed by atoms with Gasteiger partial charge in [-0.25, -0.2) is 0 Å². The number of rotatable bonds is 7. The molecule has 0 spiro atoms. The van der Waals surface area contributed by atoms with Crippen molar-refractivity contribution in [2.45, 2.75) is 32.4 Å². The molecule has 1 aromatic carbocycles. The van der Waals surface area contributed by atoms with E-state index in [-0.39, 0.29) is 5.91 Å². The number of morpholine rings is 1. The number of ether oxygens (including phenoxy) is 1. The van der Waals surface area contributed by atoms with E-state index in [0.717, 1.165) is 6.54 Å². The Morgan fingerprint density at radius 1 is 1.26 bits per heavy atom. The molecule has 0 bridgehead atoms. The standard InChI is InChI=1S/C18H28N2O3/c1-18(2,22)15-19(14-16-6-4-3-5-7-16)9-8-17(21)20-10-12-23-13-11-20/h3-7,22H,8-15H2,1-2H3. The summed E-state index contributed by atoms with van der Waals surface area (Å²) >= 11 is 0. The zero-order valence-corrected chi connectivity index (χ0v) is 14.2. The second kappa shape index (κ2) is 8.43. The predicted octanol–water partition coefficient (Wildman–Crippen LogP) is 1.51. The SMILES string of the molecule is CC(C)(O)CN(CCC(=O)N1CCOCC1)Cc1ccccc1. The number of hydrogen-bond acceptors (Lipinski definition) is 4. The van der Waals surface area contributed by atoms with Crippen LogP contribution in [0.15, 0.2) is 30.3 Å². The van der Waals surface area contributed by atoms with E-state index in [1.807, 2.05) is 23.1 Å². The first kappa shape index (κ1) is 17.9. The van der Waals surface area contributed by atoms with E-state index < -0.39 is 5.60 Å². The maximum absolute atomic E-state index is 12.3. The molecule has 1 aromatic rings. The lowest BCUT2D eigenvalue weighted by Gasteiger charge is -2.31. The van der Waals surface area contributed by atoms with E-state index in [1.54, 1.807) is 13.8 Å². The molecular formula is C18H28N2O3. The Balaban J connectivity index is 1.90. The lowest BCUT2D eigenvalue weighted by atomic mass is 10.1. The lowest BCUT2D eigenvalue weighted by Crippen LogP contribution is -2.43. The molecule has 0 radical (unpaired) electrons. The average molecular weight is 320 g/mol. The van der Waals surface area contributed by atoms with E-state index >= 15 is 0 Å². The van der Waals surface area contributed by atoms with Crippen molar-refractivity contribution in [3.8, 4) is 0 Å². The van der Waals surface area contributed by atoms with Crippen LogP contribution in [0.3, 0.4) is 0 Å². The second-order valence-corrected chi connectivity index (χ2v) is 6.75. The summed E-state index contributed by atoms with van der Waals surface area (Å²) in [6, 6.07) is 10.2. The Hall–Kier alpha value is -1.43. The monoisotopic (exact) mass is 320 g/mol. The minimum atomic E-state index is -0.781. The Kier molecular flexibility index (Phi) is 6.57. The summed E-state index contributed by atoms with van der Waals surface area (Å²) < 4.78 is 5.28. The minimum Gasteiger partial charge on any atom is -0.389 e. The van der Waals surface area contributed by atoms with Gasteiger partial charge in [0, 0.05) is 39.1 Å². The van der Waals surface area contributed by atoms with Gasteiger partial charge in [-0.05, 0) is 19.4 Å². The number of carbonyl (C=O) groups is 1. The van der Waals surface area contributed by atoms with Crippen LogP contribution < -0.4 is 0 Å². The van der Waals surface area contributed by atoms with E-state index in [4.69, 9.17) is 4.74 Å². The van der Waals surface area contributed by atoms with Crippen LogP contribution in [-0.4, -0.2) is 65.8 Å². The van der Waals surface area contributed by atoms with Crippen LogP contribution in [-0.2, 0) is 16.1 Å². The van der Waals surface area contributed by atoms with Gasteiger partial charge in [-0.1, -0.05) is 30.3 Å². The molecule has 1 aliphatic rings. The second-order valence-electron chi connectivity index (χ2n) is 6.75. The van der Waals surface area contributed by atoms with Crippen molar-refractivity contribution in [2.75, 3.05) is 39.4 Å². The largest absolute Gasteiger partial charge is 0.389 e. The van der Waals surface area contributed by atoms with Crippen molar-refractivity contribution >= 4 is 5.91 Å². The van der Waals surface area contributed by atoms with Crippen LogP contribution in [0, 0.1) is 0 Å². The molecule has 0 saturated carbocycles. The van der Waals surface area contributed by atoms with E-state index in [9.17, 15) is 9.90 Å². The summed E-state index contributed by atoms with van der Waals surface area (Å²) in [5, 5.41) is 10.1. The highest BCUT2D eigenvalue weighted by Gasteiger charge is 2.21. The third kappa shape index (κ3) is 6.69. The molecule has 0 atom stereocenters. The topological polar surface area (TPSA) is 53.0 Å². The number of benzene rings is 1. The summed E-state index contributed by atoms with van der Waals surface area (Å²) in [7, 11) is 0. The van der Waals surface area contributed by atoms with Crippen LogP contribution in [0.1, 0.15) is 25.8 Å². The van der Waals surface area contributed by atoms with Gasteiger partial charge in [0.15, 0.2) is 0 Å². The highest BCUT2D eigenvalue weighted by molar-refractivity contribution is 5.76. The smallest absolute Gasteiger partial charge is 0.224 e. The van der Waals surface area contributed by atoms with Gasteiger partial charge in [0.2, 0.25) is 5.91 Å². The molecule has 23 heavy (non-hydrogen) atoms. The number of nitrogens with zero attached hydrogens (tertiary/aromatic N) is 2. The number of aliphatic hydroxyl groups is 1. The van der Waals surface area contributed by atoms with E-state index in [2.05, 4.69) is 17.0 Å². The van der Waals surface area contributed by atoms with Gasteiger partial charge in [0.05, 0.1) is 18.8 Å². The molecule has 1 aliphatic heterocycles. The van der Waals surface area contributed by atoms with Crippen molar-refractivity contribution in [3.05, 3.63) is 35.9 Å². The molecule has 0 aliphatic carbocycles. The minimum absolute atomic E-state index is 0.169. The Labute approximate surface area is 138 Å². The first-order valence-electron chi connectivity index (χ1n) is 8.28. The van der Waals surface area contributed by atoms with Gasteiger partial charge in [-0.15, -0.1) is 0 Å². The first-order chi connectivity index (χ1) is 10.9. The molecule has 1 heterocycles. The average Bonchev–Trinajstić information content (AvgIpc) is 2.53. The molecule has 0 unspecified atom stereocenters. The van der Waals surface area contributed by atoms with Crippen molar-refractivity contribution in [3.63, 3.8) is 0 Å². The summed E-state index contributed by atoms with van der Waals surface area (Å²) in [5.41, 5.74) is 0.409. The van der Waals surface area contributed by atoms with Crippen LogP contribution in [0.2, 0.25) is 0 Å². The van der Waals surface area contributed by atoms with Gasteiger partial charge in [0.1, 0.15) is 0 Å². The first-order valence-corrected chi connectivity index (χ1v) is 8.28. The Morgan fingerprint density at radius 3 is 2.52 bits per heavy atom. The maximum atomic E-state index is 12.3. The number of carbonyl (C=O) groups excluding carboxylic acids is 1. The molecule has 1 N–H and O–H groups in total. The lowest BCUT2D eigenvalue weighted by molar-refractivity contribution is -0.135. The molecule has 5 nitrogen and oxygen atoms in total. The molecule has 1 fully saturated rings. The van der Waals surface area contributed by atoms with Gasteiger partial charge < -0.3 is 14.7 Å². The summed E-state index contributed by atoms with van der Waals surface area (Å²) in [6.07, 6.45) is 0.475. The van der Waals surface area contributed by atoms with E-state index in [0.29, 0.717) is 45.8 Å². The summed E-state index contributed by atoms with van der Waals surface area (Å²) in [6.45, 7) is 8.15. The highest BCUT2D eigenvalue weighted by Crippen LogP contribution is 2.11. The fourth-order valence-electron chi connectivity index (χ4n) is 2.83. The van der Waals surface area contributed by atoms with Crippen molar-refractivity contribution in [1.29, 1.82) is 0 Å². The summed E-state index contributed by atoms with van der Waals surface area (Å²) in [5.74, 6) is 0.169. The summed E-state index contributed by atoms with van der Waals surface area (Å²) in [4.78, 5) is 16.3. The zero-order valence-electron chi connectivity index (χ0n) is 14.2. The van der Waals surface area contributed by atoms with Crippen LogP contribution in [0.5, 0.6) is 0 Å². The van der Waals surface area contributed by atoms with Gasteiger partial charge in [-0.3, -0.25) is 9.69 Å².